The van der Waals surface area contributed by atoms with Crippen molar-refractivity contribution in [2.45, 2.75) is 18.5 Å². The highest BCUT2D eigenvalue weighted by molar-refractivity contribution is 6.30. The van der Waals surface area contributed by atoms with Gasteiger partial charge in [0.1, 0.15) is 12.3 Å². The van der Waals surface area contributed by atoms with E-state index in [0.717, 1.165) is 10.5 Å². The molecule has 0 aliphatic carbocycles. The van der Waals surface area contributed by atoms with E-state index in [4.69, 9.17) is 16.3 Å². The molecule has 0 unspecified atom stereocenters. The van der Waals surface area contributed by atoms with E-state index < -0.39 is 23.4 Å². The van der Waals surface area contributed by atoms with E-state index >= 15 is 0 Å². The number of carbonyl (C=O) groups excluding carboxylic acids is 3. The summed E-state index contributed by atoms with van der Waals surface area (Å²) in [5, 5.41) is 6.05. The van der Waals surface area contributed by atoms with Crippen molar-refractivity contribution in [3.8, 4) is 5.75 Å². The quantitative estimate of drug-likeness (QED) is 0.771. The van der Waals surface area contributed by atoms with Crippen LogP contribution in [-0.4, -0.2) is 35.9 Å². The summed E-state index contributed by atoms with van der Waals surface area (Å²) in [5.74, 6) is -0.304. The van der Waals surface area contributed by atoms with E-state index in [2.05, 4.69) is 10.6 Å². The number of nitrogens with zero attached hydrogens (tertiary/aromatic N) is 1. The summed E-state index contributed by atoms with van der Waals surface area (Å²) in [6.07, 6.45) is 0.315. The number of hydrogen-bond donors (Lipinski definition) is 2. The van der Waals surface area contributed by atoms with E-state index in [9.17, 15) is 14.4 Å². The van der Waals surface area contributed by atoms with Crippen LogP contribution < -0.4 is 15.4 Å². The molecule has 2 aliphatic heterocycles. The molecule has 0 bridgehead atoms. The predicted molar refractivity (Wildman–Crippen MR) is 102 cm³/mol. The number of benzene rings is 2. The molecule has 2 aromatic carbocycles. The zero-order valence-electron chi connectivity index (χ0n) is 14.9. The molecule has 1 fully saturated rings. The molecule has 1 saturated heterocycles. The van der Waals surface area contributed by atoms with Gasteiger partial charge in [-0.25, -0.2) is 4.79 Å². The smallest absolute Gasteiger partial charge is 0.325 e. The second kappa shape index (κ2) is 7.16. The van der Waals surface area contributed by atoms with Crippen molar-refractivity contribution in [3.63, 3.8) is 0 Å². The lowest BCUT2D eigenvalue weighted by atomic mass is 9.84. The zero-order valence-corrected chi connectivity index (χ0v) is 15.7. The Morgan fingerprint density at radius 2 is 2.04 bits per heavy atom. The molecule has 1 spiro atoms. The van der Waals surface area contributed by atoms with E-state index in [0.29, 0.717) is 29.4 Å². The number of para-hydroxylation sites is 1. The Balaban J connectivity index is 1.47. The van der Waals surface area contributed by atoms with Gasteiger partial charge in [-0.05, 0) is 23.8 Å². The van der Waals surface area contributed by atoms with Crippen LogP contribution in [0.1, 0.15) is 17.5 Å². The molecule has 2 aliphatic rings. The fourth-order valence-electron chi connectivity index (χ4n) is 3.56. The molecule has 2 aromatic rings. The molecule has 4 rings (SSSR count). The maximum Gasteiger partial charge on any atom is 0.325 e. The van der Waals surface area contributed by atoms with Gasteiger partial charge >= 0.3 is 6.03 Å². The van der Waals surface area contributed by atoms with Crippen molar-refractivity contribution in [1.29, 1.82) is 0 Å². The first-order valence-corrected chi connectivity index (χ1v) is 9.25. The number of nitrogens with one attached hydrogen (secondary N) is 2. The van der Waals surface area contributed by atoms with Gasteiger partial charge in [0.05, 0.1) is 6.61 Å². The highest BCUT2D eigenvalue weighted by Crippen LogP contribution is 2.40. The van der Waals surface area contributed by atoms with Gasteiger partial charge in [-0.3, -0.25) is 14.5 Å². The van der Waals surface area contributed by atoms with Gasteiger partial charge in [-0.1, -0.05) is 41.9 Å². The second-order valence-corrected chi connectivity index (χ2v) is 7.16. The molecule has 8 heteroatoms. The van der Waals surface area contributed by atoms with E-state index in [1.807, 2.05) is 6.07 Å². The molecule has 0 radical (unpaired) electrons. The maximum atomic E-state index is 13.1. The van der Waals surface area contributed by atoms with Crippen molar-refractivity contribution in [2.24, 2.45) is 0 Å². The van der Waals surface area contributed by atoms with Crippen LogP contribution in [-0.2, 0) is 21.7 Å². The normalized spacial score (nSPS) is 20.5. The standard InChI is InChI=1S/C20H18ClN3O4/c21-14-5-3-4-13(10-14)11-22-17(25)12-24-18(26)20(23-19(24)27)8-9-28-16-7-2-1-6-15(16)20/h1-7,10H,8-9,11-12H2,(H,22,25)(H,23,27)/t20-/m0/s1. The van der Waals surface area contributed by atoms with Crippen LogP contribution in [0.15, 0.2) is 48.5 Å². The lowest BCUT2D eigenvalue weighted by Gasteiger charge is -2.33. The van der Waals surface area contributed by atoms with Crippen LogP contribution in [0.4, 0.5) is 4.79 Å². The Morgan fingerprint density at radius 1 is 1.21 bits per heavy atom. The first-order chi connectivity index (χ1) is 13.5. The number of carbonyl (C=O) groups is 3. The maximum absolute atomic E-state index is 13.1. The molecular formula is C20H18ClN3O4. The molecule has 1 atom stereocenters. The monoisotopic (exact) mass is 399 g/mol. The molecule has 28 heavy (non-hydrogen) atoms. The zero-order chi connectivity index (χ0) is 19.7. The van der Waals surface area contributed by atoms with Gasteiger partial charge in [0.15, 0.2) is 5.54 Å². The first-order valence-electron chi connectivity index (χ1n) is 8.87. The SMILES string of the molecule is O=C(CN1C(=O)N[C@]2(CCOc3ccccc32)C1=O)NCc1cccc(Cl)c1. The lowest BCUT2D eigenvalue weighted by Crippen LogP contribution is -2.48. The summed E-state index contributed by atoms with van der Waals surface area (Å²) in [5.41, 5.74) is 0.258. The molecule has 0 aromatic heterocycles. The summed E-state index contributed by atoms with van der Waals surface area (Å²) in [7, 11) is 0. The topological polar surface area (TPSA) is 87.7 Å². The molecular weight excluding hydrogens is 382 g/mol. The minimum Gasteiger partial charge on any atom is -0.493 e. The number of imide groups is 1. The number of ether oxygens (including phenoxy) is 1. The lowest BCUT2D eigenvalue weighted by molar-refractivity contribution is -0.136. The average Bonchev–Trinajstić information content (AvgIpc) is 2.92. The molecule has 0 saturated carbocycles. The van der Waals surface area contributed by atoms with Crippen LogP contribution in [0.3, 0.4) is 0 Å². The van der Waals surface area contributed by atoms with Crippen molar-refractivity contribution < 1.29 is 19.1 Å². The van der Waals surface area contributed by atoms with Gasteiger partial charge in [0.25, 0.3) is 5.91 Å². The Kier molecular flexibility index (Phi) is 4.68. The predicted octanol–water partition coefficient (Wildman–Crippen LogP) is 2.19. The fourth-order valence-corrected chi connectivity index (χ4v) is 3.78. The van der Waals surface area contributed by atoms with Crippen LogP contribution >= 0.6 is 11.6 Å². The number of hydrogen-bond acceptors (Lipinski definition) is 4. The summed E-state index contributed by atoms with van der Waals surface area (Å²) >= 11 is 5.93. The summed E-state index contributed by atoms with van der Waals surface area (Å²) in [6, 6.07) is 13.6. The number of halogens is 1. The van der Waals surface area contributed by atoms with E-state index in [1.165, 1.54) is 0 Å². The van der Waals surface area contributed by atoms with Gasteiger partial charge in [0, 0.05) is 23.6 Å². The third-order valence-corrected chi connectivity index (χ3v) is 5.17. The number of amides is 4. The van der Waals surface area contributed by atoms with Gasteiger partial charge in [-0.2, -0.15) is 0 Å². The highest BCUT2D eigenvalue weighted by Gasteiger charge is 2.55. The van der Waals surface area contributed by atoms with Crippen molar-refractivity contribution in [3.05, 3.63) is 64.7 Å². The summed E-state index contributed by atoms with van der Waals surface area (Å²) < 4.78 is 5.60. The first kappa shape index (κ1) is 18.3. The highest BCUT2D eigenvalue weighted by atomic mass is 35.5. The van der Waals surface area contributed by atoms with Crippen LogP contribution in [0.2, 0.25) is 5.02 Å². The van der Waals surface area contributed by atoms with Crippen LogP contribution in [0.25, 0.3) is 0 Å². The fraction of sp³-hybridized carbons (Fsp3) is 0.250. The molecule has 7 nitrogen and oxygen atoms in total. The Morgan fingerprint density at radius 3 is 2.86 bits per heavy atom. The number of urea groups is 1. The van der Waals surface area contributed by atoms with Gasteiger partial charge in [-0.15, -0.1) is 0 Å². The third-order valence-electron chi connectivity index (χ3n) is 4.94. The van der Waals surface area contributed by atoms with Crippen LogP contribution in [0, 0.1) is 0 Å². The van der Waals surface area contributed by atoms with Crippen LogP contribution in [0.5, 0.6) is 5.75 Å². The molecule has 144 valence electrons. The largest absolute Gasteiger partial charge is 0.493 e. The van der Waals surface area contributed by atoms with Crippen molar-refractivity contribution in [1.82, 2.24) is 15.5 Å². The van der Waals surface area contributed by atoms with Crippen molar-refractivity contribution in [2.75, 3.05) is 13.2 Å². The van der Waals surface area contributed by atoms with Gasteiger partial charge < -0.3 is 15.4 Å². The molecule has 4 amide bonds. The Labute approximate surface area is 166 Å². The number of rotatable bonds is 4. The summed E-state index contributed by atoms with van der Waals surface area (Å²) in [4.78, 5) is 38.9. The second-order valence-electron chi connectivity index (χ2n) is 6.73. The minimum absolute atomic E-state index is 0.255. The Bertz CT molecular complexity index is 964. The Hall–Kier alpha value is -3.06. The minimum atomic E-state index is -1.18. The summed E-state index contributed by atoms with van der Waals surface area (Å²) in [6.45, 7) is 0.207. The number of fused-ring (bicyclic) bond motifs is 2. The molecule has 2 N–H and O–H groups in total. The third kappa shape index (κ3) is 3.18. The van der Waals surface area contributed by atoms with Crippen molar-refractivity contribution >= 4 is 29.4 Å². The van der Waals surface area contributed by atoms with E-state index in [1.54, 1.807) is 42.5 Å². The molecule has 2 heterocycles. The average molecular weight is 400 g/mol. The van der Waals surface area contributed by atoms with Gasteiger partial charge in [0.2, 0.25) is 5.91 Å². The van der Waals surface area contributed by atoms with E-state index in [-0.39, 0.29) is 13.1 Å².